The maximum atomic E-state index is 12.0. The fourth-order valence-corrected chi connectivity index (χ4v) is 2.25. The van der Waals surface area contributed by atoms with Gasteiger partial charge in [0.15, 0.2) is 12.4 Å². The van der Waals surface area contributed by atoms with Crippen LogP contribution < -0.4 is 4.74 Å². The second kappa shape index (κ2) is 6.49. The van der Waals surface area contributed by atoms with Crippen LogP contribution in [0.1, 0.15) is 15.9 Å². The number of aryl methyl sites for hydroxylation is 1. The molecule has 0 fully saturated rings. The molecule has 0 aliphatic carbocycles. The summed E-state index contributed by atoms with van der Waals surface area (Å²) in [6.07, 6.45) is 0. The molecule has 2 aromatic carbocycles. The second-order valence-corrected chi connectivity index (χ2v) is 5.40. The van der Waals surface area contributed by atoms with Crippen LogP contribution >= 0.6 is 15.9 Å². The molecule has 0 aliphatic heterocycles. The van der Waals surface area contributed by atoms with Gasteiger partial charge >= 0.3 is 0 Å². The summed E-state index contributed by atoms with van der Waals surface area (Å²) in [5.74, 6) is 0.0957. The van der Waals surface area contributed by atoms with Gasteiger partial charge in [-0.25, -0.2) is 0 Å². The highest BCUT2D eigenvalue weighted by molar-refractivity contribution is 9.10. The highest BCUT2D eigenvalue weighted by Gasteiger charge is 2.12. The standard InChI is InChI=1S/C15H12BrNO4/c1-10-3-2-4-11(5-10)15(18)9-21-14-7-12(16)6-13(8-14)17(19)20/h2-8H,9H2,1H3. The van der Waals surface area contributed by atoms with Crippen molar-refractivity contribution in [1.82, 2.24) is 0 Å². The SMILES string of the molecule is Cc1cccc(C(=O)COc2cc(Br)cc([N+](=O)[O-])c2)c1. The molecule has 0 aliphatic rings. The van der Waals surface area contributed by atoms with Gasteiger partial charge in [0.25, 0.3) is 5.69 Å². The van der Waals surface area contributed by atoms with Gasteiger partial charge in [0.2, 0.25) is 0 Å². The lowest BCUT2D eigenvalue weighted by Gasteiger charge is -2.06. The van der Waals surface area contributed by atoms with Crippen molar-refractivity contribution >= 4 is 27.4 Å². The third kappa shape index (κ3) is 4.13. The van der Waals surface area contributed by atoms with Crippen LogP contribution in [-0.2, 0) is 0 Å². The molecule has 0 radical (unpaired) electrons. The Hall–Kier alpha value is -2.21. The van der Waals surface area contributed by atoms with Crippen molar-refractivity contribution in [2.24, 2.45) is 0 Å². The number of halogens is 1. The molecule has 0 saturated heterocycles. The number of nitro benzene ring substituents is 1. The Morgan fingerprint density at radius 3 is 2.71 bits per heavy atom. The second-order valence-electron chi connectivity index (χ2n) is 4.48. The first-order valence-electron chi connectivity index (χ1n) is 6.13. The van der Waals surface area contributed by atoms with Crippen LogP contribution in [-0.4, -0.2) is 17.3 Å². The summed E-state index contributed by atoms with van der Waals surface area (Å²) in [6, 6.07) is 11.4. The number of ketones is 1. The quantitative estimate of drug-likeness (QED) is 0.465. The lowest BCUT2D eigenvalue weighted by atomic mass is 10.1. The molecule has 0 N–H and O–H groups in total. The van der Waals surface area contributed by atoms with E-state index in [2.05, 4.69) is 15.9 Å². The maximum absolute atomic E-state index is 12.0. The minimum Gasteiger partial charge on any atom is -0.485 e. The van der Waals surface area contributed by atoms with Crippen molar-refractivity contribution in [3.63, 3.8) is 0 Å². The molecule has 0 amide bonds. The van der Waals surface area contributed by atoms with E-state index in [0.29, 0.717) is 10.0 Å². The van der Waals surface area contributed by atoms with Crippen molar-refractivity contribution < 1.29 is 14.5 Å². The smallest absolute Gasteiger partial charge is 0.274 e. The molecule has 0 bridgehead atoms. The Kier molecular flexibility index (Phi) is 4.70. The van der Waals surface area contributed by atoms with Gasteiger partial charge in [-0.05, 0) is 19.1 Å². The van der Waals surface area contributed by atoms with Crippen LogP contribution in [0.15, 0.2) is 46.9 Å². The van der Waals surface area contributed by atoms with Gasteiger partial charge in [-0.3, -0.25) is 14.9 Å². The zero-order valence-electron chi connectivity index (χ0n) is 11.2. The van der Waals surface area contributed by atoms with Gasteiger partial charge in [-0.1, -0.05) is 39.7 Å². The third-order valence-electron chi connectivity index (χ3n) is 2.78. The Bertz CT molecular complexity index is 700. The number of hydrogen-bond donors (Lipinski definition) is 0. The van der Waals surface area contributed by atoms with Crippen molar-refractivity contribution in [3.8, 4) is 5.75 Å². The Morgan fingerprint density at radius 1 is 1.29 bits per heavy atom. The number of carbonyl (C=O) groups excluding carboxylic acids is 1. The lowest BCUT2D eigenvalue weighted by molar-refractivity contribution is -0.385. The molecule has 108 valence electrons. The van der Waals surface area contributed by atoms with Crippen LogP contribution in [0.4, 0.5) is 5.69 Å². The zero-order chi connectivity index (χ0) is 15.4. The monoisotopic (exact) mass is 349 g/mol. The van der Waals surface area contributed by atoms with Crippen LogP contribution in [0.2, 0.25) is 0 Å². The van der Waals surface area contributed by atoms with Crippen molar-refractivity contribution in [2.75, 3.05) is 6.61 Å². The van der Waals surface area contributed by atoms with Crippen LogP contribution in [0.25, 0.3) is 0 Å². The first-order chi connectivity index (χ1) is 9.95. The van der Waals surface area contributed by atoms with Crippen LogP contribution in [0.3, 0.4) is 0 Å². The molecule has 0 saturated carbocycles. The van der Waals surface area contributed by atoms with Crippen molar-refractivity contribution in [3.05, 3.63) is 68.2 Å². The van der Waals surface area contributed by atoms with Gasteiger partial charge in [0.1, 0.15) is 5.75 Å². The van der Waals surface area contributed by atoms with E-state index in [1.165, 1.54) is 12.1 Å². The summed E-state index contributed by atoms with van der Waals surface area (Å²) in [5.41, 5.74) is 1.45. The molecule has 5 nitrogen and oxygen atoms in total. The van der Waals surface area contributed by atoms with Gasteiger partial charge in [0.05, 0.1) is 11.0 Å². The fraction of sp³-hybridized carbons (Fsp3) is 0.133. The first-order valence-corrected chi connectivity index (χ1v) is 6.92. The van der Waals surface area contributed by atoms with Crippen LogP contribution in [0, 0.1) is 17.0 Å². The molecule has 0 atom stereocenters. The Balaban J connectivity index is 2.09. The third-order valence-corrected chi connectivity index (χ3v) is 3.23. The number of carbonyl (C=O) groups is 1. The van der Waals surface area contributed by atoms with Crippen molar-refractivity contribution in [1.29, 1.82) is 0 Å². The number of ether oxygens (including phenoxy) is 1. The molecule has 2 rings (SSSR count). The largest absolute Gasteiger partial charge is 0.485 e. The summed E-state index contributed by atoms with van der Waals surface area (Å²) in [7, 11) is 0. The number of rotatable bonds is 5. The van der Waals surface area contributed by atoms with Gasteiger partial charge < -0.3 is 4.74 Å². The molecule has 6 heteroatoms. The van der Waals surface area contributed by atoms with E-state index in [0.717, 1.165) is 5.56 Å². The molecule has 0 spiro atoms. The van der Waals surface area contributed by atoms with E-state index >= 15 is 0 Å². The minimum atomic E-state index is -0.514. The van der Waals surface area contributed by atoms with Gasteiger partial charge in [-0.2, -0.15) is 0 Å². The molecule has 0 aromatic heterocycles. The minimum absolute atomic E-state index is 0.0950. The Morgan fingerprint density at radius 2 is 2.05 bits per heavy atom. The summed E-state index contributed by atoms with van der Waals surface area (Å²) in [4.78, 5) is 22.3. The van der Waals surface area contributed by atoms with Crippen molar-refractivity contribution in [2.45, 2.75) is 6.92 Å². The topological polar surface area (TPSA) is 69.4 Å². The van der Waals surface area contributed by atoms with E-state index in [1.54, 1.807) is 24.3 Å². The predicted octanol–water partition coefficient (Wildman–Crippen LogP) is 3.93. The zero-order valence-corrected chi connectivity index (χ0v) is 12.8. The van der Waals surface area contributed by atoms with E-state index < -0.39 is 4.92 Å². The van der Waals surface area contributed by atoms with E-state index in [1.807, 2.05) is 13.0 Å². The molecule has 2 aromatic rings. The average Bonchev–Trinajstić information content (AvgIpc) is 2.44. The summed E-state index contributed by atoms with van der Waals surface area (Å²) >= 11 is 3.17. The number of nitrogens with zero attached hydrogens (tertiary/aromatic N) is 1. The van der Waals surface area contributed by atoms with E-state index in [9.17, 15) is 14.9 Å². The first kappa shape index (κ1) is 15.2. The van der Waals surface area contributed by atoms with E-state index in [4.69, 9.17) is 4.74 Å². The highest BCUT2D eigenvalue weighted by Crippen LogP contribution is 2.26. The number of Topliss-reactive ketones (excluding diaryl/α,β-unsaturated/α-hetero) is 1. The molecule has 21 heavy (non-hydrogen) atoms. The Labute approximate surface area is 129 Å². The fourth-order valence-electron chi connectivity index (χ4n) is 1.79. The summed E-state index contributed by atoms with van der Waals surface area (Å²) < 4.78 is 5.87. The predicted molar refractivity (Wildman–Crippen MR) is 81.8 cm³/mol. The number of hydrogen-bond acceptors (Lipinski definition) is 4. The summed E-state index contributed by atoms with van der Waals surface area (Å²) in [5, 5.41) is 10.8. The number of nitro groups is 1. The number of non-ortho nitro benzene ring substituents is 1. The van der Waals surface area contributed by atoms with Crippen LogP contribution in [0.5, 0.6) is 5.75 Å². The average molecular weight is 350 g/mol. The van der Waals surface area contributed by atoms with Gasteiger partial charge in [0, 0.05) is 16.1 Å². The molecular formula is C15H12BrNO4. The molecular weight excluding hydrogens is 338 g/mol. The van der Waals surface area contributed by atoms with Gasteiger partial charge in [-0.15, -0.1) is 0 Å². The van der Waals surface area contributed by atoms with E-state index in [-0.39, 0.29) is 23.8 Å². The maximum Gasteiger partial charge on any atom is 0.274 e. The lowest BCUT2D eigenvalue weighted by Crippen LogP contribution is -2.11. The normalized spacial score (nSPS) is 10.2. The summed E-state index contributed by atoms with van der Waals surface area (Å²) in [6.45, 7) is 1.73. The molecule has 0 heterocycles. The number of benzene rings is 2. The highest BCUT2D eigenvalue weighted by atomic mass is 79.9. The molecule has 0 unspecified atom stereocenters.